The summed E-state index contributed by atoms with van der Waals surface area (Å²) in [4.78, 5) is 25.7. The van der Waals surface area contributed by atoms with Gasteiger partial charge < -0.3 is 4.74 Å². The first-order chi connectivity index (χ1) is 12.7. The largest absolute Gasteiger partial charge is 0.376 e. The molecule has 1 atom stereocenters. The van der Waals surface area contributed by atoms with Gasteiger partial charge in [0.2, 0.25) is 0 Å². The highest BCUT2D eigenvalue weighted by molar-refractivity contribution is 7.98. The van der Waals surface area contributed by atoms with E-state index in [0.29, 0.717) is 23.1 Å². The molecule has 0 amide bonds. The van der Waals surface area contributed by atoms with Gasteiger partial charge in [-0.1, -0.05) is 23.9 Å². The Kier molecular flexibility index (Phi) is 4.94. The highest BCUT2D eigenvalue weighted by atomic mass is 32.2. The first-order valence-corrected chi connectivity index (χ1v) is 9.39. The van der Waals surface area contributed by atoms with E-state index in [-0.39, 0.29) is 23.0 Å². The maximum Gasteiger partial charge on any atom is 0.282 e. The fourth-order valence-corrected chi connectivity index (χ4v) is 3.87. The van der Waals surface area contributed by atoms with E-state index in [4.69, 9.17) is 4.74 Å². The van der Waals surface area contributed by atoms with Crippen LogP contribution < -0.4 is 5.56 Å². The normalized spacial score (nSPS) is 17.0. The Morgan fingerprint density at radius 1 is 1.23 bits per heavy atom. The van der Waals surface area contributed by atoms with Crippen molar-refractivity contribution >= 4 is 22.9 Å². The zero-order valence-corrected chi connectivity index (χ0v) is 14.8. The Morgan fingerprint density at radius 3 is 2.81 bits per heavy atom. The predicted molar refractivity (Wildman–Crippen MR) is 96.5 cm³/mol. The number of thioether (sulfide) groups is 1. The van der Waals surface area contributed by atoms with Crippen LogP contribution in [0, 0.1) is 5.82 Å². The number of halogens is 1. The van der Waals surface area contributed by atoms with Crippen molar-refractivity contribution in [2.45, 2.75) is 36.4 Å². The summed E-state index contributed by atoms with van der Waals surface area (Å²) in [6.45, 7) is 1.17. The van der Waals surface area contributed by atoms with Crippen LogP contribution in [0.5, 0.6) is 0 Å². The predicted octanol–water partition coefficient (Wildman–Crippen LogP) is 2.80. The summed E-state index contributed by atoms with van der Waals surface area (Å²) < 4.78 is 20.4. The van der Waals surface area contributed by atoms with Crippen LogP contribution in [0.1, 0.15) is 18.4 Å². The molecule has 8 heteroatoms. The molecule has 0 unspecified atom stereocenters. The lowest BCUT2D eigenvalue weighted by molar-refractivity contribution is 0.0937. The number of fused-ring (bicyclic) bond motifs is 1. The minimum absolute atomic E-state index is 0.00814. The molecule has 3 aromatic rings. The molecule has 134 valence electrons. The lowest BCUT2D eigenvalue weighted by Crippen LogP contribution is -2.29. The van der Waals surface area contributed by atoms with E-state index in [2.05, 4.69) is 15.0 Å². The Bertz CT molecular complexity index is 971. The molecular weight excluding hydrogens is 355 g/mol. The third kappa shape index (κ3) is 3.61. The fourth-order valence-electron chi connectivity index (χ4n) is 2.92. The van der Waals surface area contributed by atoms with Gasteiger partial charge in [0.15, 0.2) is 16.3 Å². The number of hydrogen-bond donors (Lipinski definition) is 0. The van der Waals surface area contributed by atoms with Crippen molar-refractivity contribution in [3.63, 3.8) is 0 Å². The van der Waals surface area contributed by atoms with Crippen molar-refractivity contribution in [3.05, 3.63) is 58.4 Å². The van der Waals surface area contributed by atoms with Crippen LogP contribution in [0.15, 0.2) is 46.6 Å². The van der Waals surface area contributed by atoms with Gasteiger partial charge in [0.25, 0.3) is 5.56 Å². The van der Waals surface area contributed by atoms with Crippen LogP contribution in [-0.2, 0) is 17.0 Å². The van der Waals surface area contributed by atoms with E-state index in [0.717, 1.165) is 25.0 Å². The van der Waals surface area contributed by atoms with Crippen LogP contribution in [0.25, 0.3) is 11.2 Å². The molecule has 0 radical (unpaired) electrons. The first kappa shape index (κ1) is 17.1. The topological polar surface area (TPSA) is 69.9 Å². The molecule has 4 rings (SSSR count). The molecule has 2 aromatic heterocycles. The van der Waals surface area contributed by atoms with E-state index >= 15 is 0 Å². The maximum atomic E-state index is 13.1. The molecule has 6 nitrogen and oxygen atoms in total. The molecule has 0 bridgehead atoms. The summed E-state index contributed by atoms with van der Waals surface area (Å²) in [6, 6.07) is 6.31. The van der Waals surface area contributed by atoms with Gasteiger partial charge in [0.1, 0.15) is 5.82 Å². The molecule has 0 spiro atoms. The van der Waals surface area contributed by atoms with Gasteiger partial charge in [-0.3, -0.25) is 9.36 Å². The smallest absolute Gasteiger partial charge is 0.282 e. The quantitative estimate of drug-likeness (QED) is 0.507. The average molecular weight is 372 g/mol. The van der Waals surface area contributed by atoms with Gasteiger partial charge in [-0.25, -0.2) is 19.3 Å². The van der Waals surface area contributed by atoms with Gasteiger partial charge in [-0.2, -0.15) is 0 Å². The van der Waals surface area contributed by atoms with Gasteiger partial charge in [-0.05, 0) is 30.5 Å². The maximum absolute atomic E-state index is 13.1. The molecule has 1 fully saturated rings. The van der Waals surface area contributed by atoms with Gasteiger partial charge in [0, 0.05) is 24.8 Å². The fraction of sp³-hybridized carbons (Fsp3) is 0.333. The molecule has 1 aliphatic heterocycles. The summed E-state index contributed by atoms with van der Waals surface area (Å²) in [5, 5.41) is 0.572. The van der Waals surface area contributed by atoms with E-state index in [1.165, 1.54) is 36.3 Å². The van der Waals surface area contributed by atoms with Gasteiger partial charge in [-0.15, -0.1) is 0 Å². The summed E-state index contributed by atoms with van der Waals surface area (Å²) in [6.07, 6.45) is 4.94. The van der Waals surface area contributed by atoms with E-state index in [9.17, 15) is 9.18 Å². The van der Waals surface area contributed by atoms with Crippen molar-refractivity contribution in [1.82, 2.24) is 19.5 Å². The third-order valence-corrected chi connectivity index (χ3v) is 5.30. The van der Waals surface area contributed by atoms with Crippen LogP contribution in [0.2, 0.25) is 0 Å². The van der Waals surface area contributed by atoms with Crippen LogP contribution in [0.3, 0.4) is 0 Å². The second-order valence-electron chi connectivity index (χ2n) is 6.09. The first-order valence-electron chi connectivity index (χ1n) is 8.41. The van der Waals surface area contributed by atoms with E-state index < -0.39 is 0 Å². The highest BCUT2D eigenvalue weighted by Crippen LogP contribution is 2.23. The van der Waals surface area contributed by atoms with Crippen LogP contribution in [-0.4, -0.2) is 32.2 Å². The molecular formula is C18H17FN4O2S. The number of aromatic nitrogens is 4. The van der Waals surface area contributed by atoms with Crippen molar-refractivity contribution in [2.24, 2.45) is 0 Å². The molecule has 1 saturated heterocycles. The Morgan fingerprint density at radius 2 is 2.04 bits per heavy atom. The Labute approximate surface area is 153 Å². The molecule has 1 aliphatic rings. The van der Waals surface area contributed by atoms with Crippen molar-refractivity contribution in [3.8, 4) is 0 Å². The lowest BCUT2D eigenvalue weighted by atomic mass is 10.2. The second kappa shape index (κ2) is 7.51. The zero-order valence-electron chi connectivity index (χ0n) is 14.0. The van der Waals surface area contributed by atoms with Gasteiger partial charge >= 0.3 is 0 Å². The molecule has 0 aliphatic carbocycles. The number of ether oxygens (including phenoxy) is 1. The molecule has 0 saturated carbocycles. The SMILES string of the molecule is O=c1c2nccnc2nc(SCc2ccc(F)cc2)n1C[C@H]1CCCO1. The Balaban J connectivity index is 1.68. The number of benzene rings is 1. The van der Waals surface area contributed by atoms with Crippen molar-refractivity contribution in [1.29, 1.82) is 0 Å². The van der Waals surface area contributed by atoms with Crippen LogP contribution >= 0.6 is 11.8 Å². The molecule has 1 aromatic carbocycles. The number of rotatable bonds is 5. The van der Waals surface area contributed by atoms with Gasteiger partial charge in [0.05, 0.1) is 12.6 Å². The summed E-state index contributed by atoms with van der Waals surface area (Å²) in [7, 11) is 0. The lowest BCUT2D eigenvalue weighted by Gasteiger charge is -2.15. The Hall–Kier alpha value is -2.32. The van der Waals surface area contributed by atoms with Crippen molar-refractivity contribution in [2.75, 3.05) is 6.61 Å². The molecule has 0 N–H and O–H groups in total. The minimum Gasteiger partial charge on any atom is -0.376 e. The summed E-state index contributed by atoms with van der Waals surface area (Å²) in [5.41, 5.74) is 1.34. The minimum atomic E-state index is -0.270. The van der Waals surface area contributed by atoms with Crippen LogP contribution in [0.4, 0.5) is 4.39 Å². The number of hydrogen-bond acceptors (Lipinski definition) is 6. The van der Waals surface area contributed by atoms with E-state index in [1.54, 1.807) is 16.7 Å². The summed E-state index contributed by atoms with van der Waals surface area (Å²) in [5.74, 6) is 0.303. The van der Waals surface area contributed by atoms with Crippen molar-refractivity contribution < 1.29 is 9.13 Å². The monoisotopic (exact) mass is 372 g/mol. The second-order valence-corrected chi connectivity index (χ2v) is 7.03. The standard InChI is InChI=1S/C18H17FN4O2S/c19-13-5-3-12(4-6-13)11-26-18-22-16-15(20-7-8-21-16)17(24)23(18)10-14-2-1-9-25-14/h3-8,14H,1-2,9-11H2/t14-/m1/s1. The van der Waals surface area contributed by atoms with E-state index in [1.807, 2.05) is 0 Å². The average Bonchev–Trinajstić information content (AvgIpc) is 3.17. The molecule has 26 heavy (non-hydrogen) atoms. The third-order valence-electron chi connectivity index (χ3n) is 4.25. The molecule has 3 heterocycles. The zero-order chi connectivity index (χ0) is 17.9. The summed E-state index contributed by atoms with van der Waals surface area (Å²) >= 11 is 1.42. The number of nitrogens with zero attached hydrogens (tertiary/aromatic N) is 4. The highest BCUT2D eigenvalue weighted by Gasteiger charge is 2.21.